The average Bonchev–Trinajstić information content (AvgIpc) is 2.52. The van der Waals surface area contributed by atoms with Crippen LogP contribution < -0.4 is 10.2 Å². The van der Waals surface area contributed by atoms with Gasteiger partial charge in [-0.05, 0) is 44.0 Å². The first-order valence-corrected chi connectivity index (χ1v) is 8.22. The summed E-state index contributed by atoms with van der Waals surface area (Å²) in [5, 5.41) is 3.32. The Morgan fingerprint density at radius 3 is 2.76 bits per heavy atom. The van der Waals surface area contributed by atoms with E-state index in [1.54, 1.807) is 6.07 Å². The zero-order valence-electron chi connectivity index (χ0n) is 12.9. The van der Waals surface area contributed by atoms with Crippen molar-refractivity contribution in [3.63, 3.8) is 0 Å². The van der Waals surface area contributed by atoms with Gasteiger partial charge < -0.3 is 10.2 Å². The molecule has 1 aromatic carbocycles. The molecule has 21 heavy (non-hydrogen) atoms. The smallest absolute Gasteiger partial charge is 0.146 e. The van der Waals surface area contributed by atoms with Gasteiger partial charge in [0.2, 0.25) is 0 Å². The predicted molar refractivity (Wildman–Crippen MR) is 85.2 cm³/mol. The third-order valence-electron chi connectivity index (χ3n) is 4.79. The number of nitrogens with one attached hydrogen (secondary N) is 1. The molecule has 0 amide bonds. The molecule has 3 rings (SSSR count). The molecule has 1 unspecified atom stereocenters. The highest BCUT2D eigenvalue weighted by Crippen LogP contribution is 2.24. The Morgan fingerprint density at radius 1 is 1.19 bits per heavy atom. The maximum atomic E-state index is 14.1. The lowest BCUT2D eigenvalue weighted by atomic mass is 10.0. The van der Waals surface area contributed by atoms with Gasteiger partial charge >= 0.3 is 0 Å². The van der Waals surface area contributed by atoms with Crippen molar-refractivity contribution in [1.29, 1.82) is 0 Å². The number of anilines is 1. The van der Waals surface area contributed by atoms with Gasteiger partial charge in [0.05, 0.1) is 5.69 Å². The molecule has 1 aromatic rings. The highest BCUT2D eigenvalue weighted by Gasteiger charge is 2.20. The number of likely N-dealkylation sites (tertiary alicyclic amines) is 1. The summed E-state index contributed by atoms with van der Waals surface area (Å²) < 4.78 is 14.1. The quantitative estimate of drug-likeness (QED) is 0.923. The van der Waals surface area contributed by atoms with E-state index in [-0.39, 0.29) is 5.82 Å². The number of piperidine rings is 1. The summed E-state index contributed by atoms with van der Waals surface area (Å²) in [5.74, 6) is -0.0904. The lowest BCUT2D eigenvalue weighted by Gasteiger charge is -2.34. The van der Waals surface area contributed by atoms with E-state index < -0.39 is 0 Å². The summed E-state index contributed by atoms with van der Waals surface area (Å²) in [6.07, 6.45) is 3.91. The van der Waals surface area contributed by atoms with Crippen molar-refractivity contribution < 1.29 is 4.39 Å². The Balaban J connectivity index is 1.73. The van der Waals surface area contributed by atoms with Crippen molar-refractivity contribution in [3.8, 4) is 0 Å². The van der Waals surface area contributed by atoms with Crippen molar-refractivity contribution in [2.75, 3.05) is 37.6 Å². The summed E-state index contributed by atoms with van der Waals surface area (Å²) in [7, 11) is 0. The van der Waals surface area contributed by atoms with E-state index in [4.69, 9.17) is 0 Å². The average molecular weight is 291 g/mol. The Kier molecular flexibility index (Phi) is 4.76. The molecule has 1 N–H and O–H groups in total. The van der Waals surface area contributed by atoms with Crippen LogP contribution in [0.3, 0.4) is 0 Å². The van der Waals surface area contributed by atoms with Gasteiger partial charge in [0.15, 0.2) is 0 Å². The number of hydrogen-bond donors (Lipinski definition) is 1. The van der Waals surface area contributed by atoms with Crippen LogP contribution in [0.5, 0.6) is 0 Å². The van der Waals surface area contributed by atoms with Gasteiger partial charge in [-0.1, -0.05) is 12.5 Å². The Hall–Kier alpha value is -1.13. The Morgan fingerprint density at radius 2 is 2.00 bits per heavy atom. The second-order valence-electron chi connectivity index (χ2n) is 6.34. The number of rotatable bonds is 3. The lowest BCUT2D eigenvalue weighted by molar-refractivity contribution is 0.152. The topological polar surface area (TPSA) is 18.5 Å². The minimum Gasteiger partial charge on any atom is -0.367 e. The van der Waals surface area contributed by atoms with Crippen LogP contribution in [0, 0.1) is 5.82 Å². The van der Waals surface area contributed by atoms with Gasteiger partial charge in [-0.25, -0.2) is 4.39 Å². The zero-order chi connectivity index (χ0) is 14.7. The molecule has 0 aromatic heterocycles. The molecule has 4 heteroatoms. The first-order chi connectivity index (χ1) is 10.2. The second-order valence-corrected chi connectivity index (χ2v) is 6.34. The van der Waals surface area contributed by atoms with E-state index >= 15 is 0 Å². The van der Waals surface area contributed by atoms with Crippen LogP contribution in [0.1, 0.15) is 31.7 Å². The van der Waals surface area contributed by atoms with Gasteiger partial charge in [-0.15, -0.1) is 0 Å². The van der Waals surface area contributed by atoms with Crippen LogP contribution in [0.2, 0.25) is 0 Å². The summed E-state index contributed by atoms with van der Waals surface area (Å²) in [6.45, 7) is 8.07. The molecule has 0 aliphatic carbocycles. The van der Waals surface area contributed by atoms with E-state index in [0.29, 0.717) is 6.04 Å². The number of piperazine rings is 1. The van der Waals surface area contributed by atoms with Gasteiger partial charge in [-0.2, -0.15) is 0 Å². The molecule has 0 spiro atoms. The van der Waals surface area contributed by atoms with E-state index in [1.807, 2.05) is 6.07 Å². The van der Waals surface area contributed by atoms with Crippen molar-refractivity contribution in [2.24, 2.45) is 0 Å². The molecule has 116 valence electrons. The third kappa shape index (κ3) is 3.55. The molecule has 2 fully saturated rings. The maximum absolute atomic E-state index is 14.1. The first-order valence-electron chi connectivity index (χ1n) is 8.22. The maximum Gasteiger partial charge on any atom is 0.146 e. The van der Waals surface area contributed by atoms with Crippen molar-refractivity contribution in [3.05, 3.63) is 29.6 Å². The molecule has 2 saturated heterocycles. The number of nitrogens with zero attached hydrogens (tertiary/aromatic N) is 2. The fourth-order valence-corrected chi connectivity index (χ4v) is 3.43. The monoisotopic (exact) mass is 291 g/mol. The first kappa shape index (κ1) is 14.8. The van der Waals surface area contributed by atoms with E-state index in [9.17, 15) is 4.39 Å². The summed E-state index contributed by atoms with van der Waals surface area (Å²) in [4.78, 5) is 4.69. The van der Waals surface area contributed by atoms with Gasteiger partial charge in [0, 0.05) is 38.8 Å². The fourth-order valence-electron chi connectivity index (χ4n) is 3.43. The van der Waals surface area contributed by atoms with Crippen LogP contribution in [0.25, 0.3) is 0 Å². The van der Waals surface area contributed by atoms with Crippen molar-refractivity contribution >= 4 is 5.69 Å². The van der Waals surface area contributed by atoms with Gasteiger partial charge in [-0.3, -0.25) is 4.90 Å². The number of benzene rings is 1. The van der Waals surface area contributed by atoms with E-state index in [2.05, 4.69) is 28.1 Å². The molecule has 0 bridgehead atoms. The van der Waals surface area contributed by atoms with Crippen LogP contribution in [-0.4, -0.2) is 43.7 Å². The zero-order valence-corrected chi connectivity index (χ0v) is 12.9. The van der Waals surface area contributed by atoms with E-state index in [0.717, 1.165) is 38.4 Å². The van der Waals surface area contributed by atoms with Crippen LogP contribution >= 0.6 is 0 Å². The SMILES string of the molecule is CC1CCCCN1Cc1ccc(F)c(N2CCNCC2)c1. The van der Waals surface area contributed by atoms with Gasteiger partial charge in [0.25, 0.3) is 0 Å². The minimum absolute atomic E-state index is 0.0904. The minimum atomic E-state index is -0.0904. The van der Waals surface area contributed by atoms with Crippen LogP contribution in [-0.2, 0) is 6.54 Å². The molecular weight excluding hydrogens is 265 g/mol. The summed E-state index contributed by atoms with van der Waals surface area (Å²) >= 11 is 0. The fraction of sp³-hybridized carbons (Fsp3) is 0.647. The van der Waals surface area contributed by atoms with Crippen molar-refractivity contribution in [2.45, 2.75) is 38.8 Å². The standard InChI is InChI=1S/C17H26FN3/c1-14-4-2-3-9-21(14)13-15-5-6-16(18)17(12-15)20-10-7-19-8-11-20/h5-6,12,14,19H,2-4,7-11,13H2,1H3. The van der Waals surface area contributed by atoms with Crippen LogP contribution in [0.15, 0.2) is 18.2 Å². The predicted octanol–water partition coefficient (Wildman–Crippen LogP) is 2.61. The second kappa shape index (κ2) is 6.75. The van der Waals surface area contributed by atoms with Crippen LogP contribution in [0.4, 0.5) is 10.1 Å². The highest BCUT2D eigenvalue weighted by atomic mass is 19.1. The lowest BCUT2D eigenvalue weighted by Crippen LogP contribution is -2.44. The number of halogens is 1. The molecule has 1 atom stereocenters. The largest absolute Gasteiger partial charge is 0.367 e. The molecule has 3 nitrogen and oxygen atoms in total. The molecule has 0 radical (unpaired) electrons. The Bertz CT molecular complexity index is 471. The number of hydrogen-bond acceptors (Lipinski definition) is 3. The third-order valence-corrected chi connectivity index (χ3v) is 4.79. The molecule has 2 aliphatic heterocycles. The molecular formula is C17H26FN3. The molecule has 2 heterocycles. The van der Waals surface area contributed by atoms with Crippen molar-refractivity contribution in [1.82, 2.24) is 10.2 Å². The highest BCUT2D eigenvalue weighted by molar-refractivity contribution is 5.50. The molecule has 2 aliphatic rings. The van der Waals surface area contributed by atoms with Gasteiger partial charge in [0.1, 0.15) is 5.82 Å². The van der Waals surface area contributed by atoms with E-state index in [1.165, 1.54) is 31.4 Å². The molecule has 0 saturated carbocycles. The summed E-state index contributed by atoms with van der Waals surface area (Å²) in [6, 6.07) is 6.29. The normalized spacial score (nSPS) is 24.3. The Labute approximate surface area is 127 Å². The summed E-state index contributed by atoms with van der Waals surface area (Å²) in [5.41, 5.74) is 2.01.